The van der Waals surface area contributed by atoms with E-state index in [-0.39, 0.29) is 5.41 Å². The van der Waals surface area contributed by atoms with Crippen molar-refractivity contribution >= 4 is 0 Å². The lowest BCUT2D eigenvalue weighted by Gasteiger charge is -2.52. The number of ether oxygens (including phenoxy) is 1. The first-order chi connectivity index (χ1) is 15.1. The van der Waals surface area contributed by atoms with Crippen molar-refractivity contribution in [3.8, 4) is 17.6 Å². The molecule has 1 aromatic heterocycles. The van der Waals surface area contributed by atoms with Gasteiger partial charge in [-0.15, -0.1) is 5.92 Å². The van der Waals surface area contributed by atoms with Crippen LogP contribution in [0.2, 0.25) is 0 Å². The van der Waals surface area contributed by atoms with Crippen LogP contribution >= 0.6 is 0 Å². The van der Waals surface area contributed by atoms with Crippen molar-refractivity contribution in [3.63, 3.8) is 0 Å². The lowest BCUT2D eigenvalue weighted by molar-refractivity contribution is -0.0115. The van der Waals surface area contributed by atoms with Crippen LogP contribution in [0, 0.1) is 17.8 Å². The predicted octanol–water partition coefficient (Wildman–Crippen LogP) is 5.98. The van der Waals surface area contributed by atoms with Crippen LogP contribution in [0.4, 0.5) is 0 Å². The third-order valence-corrected chi connectivity index (χ3v) is 7.46. The van der Waals surface area contributed by atoms with Crippen LogP contribution in [0.5, 0.6) is 5.75 Å². The molecule has 0 unspecified atom stereocenters. The number of rotatable bonds is 7. The molecule has 1 aromatic carbocycles. The van der Waals surface area contributed by atoms with Crippen LogP contribution in [0.15, 0.2) is 42.7 Å². The Morgan fingerprint density at radius 1 is 1.16 bits per heavy atom. The normalized spacial score (nSPS) is 26.9. The van der Waals surface area contributed by atoms with Gasteiger partial charge in [-0.25, -0.2) is 0 Å². The van der Waals surface area contributed by atoms with Gasteiger partial charge in [0.05, 0.1) is 0 Å². The number of nitrogens with zero attached hydrogens (tertiary/aromatic N) is 1. The topological polar surface area (TPSA) is 42.4 Å². The minimum absolute atomic E-state index is 0.175. The largest absolute Gasteiger partial charge is 0.489 e. The molecule has 1 heterocycles. The summed E-state index contributed by atoms with van der Waals surface area (Å²) in [7, 11) is 0. The zero-order valence-electron chi connectivity index (χ0n) is 19.0. The number of fused-ring (bicyclic) bond motifs is 3. The Morgan fingerprint density at radius 3 is 2.77 bits per heavy atom. The summed E-state index contributed by atoms with van der Waals surface area (Å²) in [5.41, 5.74) is 3.44. The first-order valence-electron chi connectivity index (χ1n) is 11.9. The SMILES string of the molecule is CC#C[C@@]1(O)CC[C@@]2(CCCCC)c3ccc(OCc4ccncc4)cc3CC[C@@H]2C1. The molecule has 3 heteroatoms. The molecule has 0 radical (unpaired) electrons. The molecule has 0 aliphatic heterocycles. The maximum atomic E-state index is 11.1. The van der Waals surface area contributed by atoms with Gasteiger partial charge in [0.2, 0.25) is 0 Å². The predicted molar refractivity (Wildman–Crippen MR) is 125 cm³/mol. The highest BCUT2D eigenvalue weighted by molar-refractivity contribution is 5.44. The van der Waals surface area contributed by atoms with Crippen LogP contribution < -0.4 is 4.74 Å². The number of unbranched alkanes of at least 4 members (excludes halogenated alkanes) is 2. The minimum Gasteiger partial charge on any atom is -0.489 e. The summed E-state index contributed by atoms with van der Waals surface area (Å²) < 4.78 is 6.10. The summed E-state index contributed by atoms with van der Waals surface area (Å²) in [6.45, 7) is 4.67. The second-order valence-electron chi connectivity index (χ2n) is 9.42. The number of hydrogen-bond acceptors (Lipinski definition) is 3. The van der Waals surface area contributed by atoms with Gasteiger partial charge < -0.3 is 9.84 Å². The molecule has 2 aromatic rings. The average Bonchev–Trinajstić information content (AvgIpc) is 2.79. The average molecular weight is 418 g/mol. The molecule has 2 aliphatic rings. The van der Waals surface area contributed by atoms with E-state index in [1.54, 1.807) is 12.4 Å². The van der Waals surface area contributed by atoms with Crippen molar-refractivity contribution in [2.75, 3.05) is 0 Å². The van der Waals surface area contributed by atoms with E-state index in [0.29, 0.717) is 12.5 Å². The summed E-state index contributed by atoms with van der Waals surface area (Å²) in [6, 6.07) is 10.7. The van der Waals surface area contributed by atoms with Crippen LogP contribution in [0.1, 0.15) is 81.9 Å². The summed E-state index contributed by atoms with van der Waals surface area (Å²) in [5, 5.41) is 11.1. The van der Waals surface area contributed by atoms with Gasteiger partial charge in [0.1, 0.15) is 18.0 Å². The summed E-state index contributed by atoms with van der Waals surface area (Å²) >= 11 is 0. The lowest BCUT2D eigenvalue weighted by atomic mass is 9.53. The molecule has 1 fully saturated rings. The Bertz CT molecular complexity index is 944. The van der Waals surface area contributed by atoms with E-state index < -0.39 is 5.60 Å². The molecular formula is C28H35NO2. The fourth-order valence-electron chi connectivity index (χ4n) is 5.90. The molecule has 1 saturated carbocycles. The number of benzene rings is 1. The fourth-order valence-corrected chi connectivity index (χ4v) is 5.90. The van der Waals surface area contributed by atoms with Crippen molar-refractivity contribution in [1.29, 1.82) is 0 Å². The van der Waals surface area contributed by atoms with E-state index >= 15 is 0 Å². The quantitative estimate of drug-likeness (QED) is 0.445. The first kappa shape index (κ1) is 21.9. The van der Waals surface area contributed by atoms with Gasteiger partial charge in [-0.05, 0) is 97.7 Å². The highest BCUT2D eigenvalue weighted by Crippen LogP contribution is 2.55. The highest BCUT2D eigenvalue weighted by Gasteiger charge is 2.50. The smallest absolute Gasteiger partial charge is 0.125 e. The number of aryl methyl sites for hydroxylation is 1. The molecule has 3 atom stereocenters. The number of pyridine rings is 1. The molecule has 164 valence electrons. The second kappa shape index (κ2) is 9.45. The number of hydrogen-bond donors (Lipinski definition) is 1. The van der Waals surface area contributed by atoms with E-state index in [1.165, 1.54) is 36.8 Å². The molecule has 0 saturated heterocycles. The van der Waals surface area contributed by atoms with E-state index in [0.717, 1.165) is 43.4 Å². The van der Waals surface area contributed by atoms with Gasteiger partial charge in [-0.1, -0.05) is 38.2 Å². The molecule has 1 N–H and O–H groups in total. The Hall–Kier alpha value is -2.31. The van der Waals surface area contributed by atoms with Crippen molar-refractivity contribution in [2.24, 2.45) is 5.92 Å². The van der Waals surface area contributed by atoms with Gasteiger partial charge >= 0.3 is 0 Å². The zero-order valence-corrected chi connectivity index (χ0v) is 19.0. The van der Waals surface area contributed by atoms with Gasteiger partial charge in [0.15, 0.2) is 0 Å². The third-order valence-electron chi connectivity index (χ3n) is 7.46. The summed E-state index contributed by atoms with van der Waals surface area (Å²) in [4.78, 5) is 4.07. The van der Waals surface area contributed by atoms with Gasteiger partial charge in [-0.3, -0.25) is 4.98 Å². The van der Waals surface area contributed by atoms with Gasteiger partial charge in [0.25, 0.3) is 0 Å². The van der Waals surface area contributed by atoms with Crippen LogP contribution in [0.3, 0.4) is 0 Å². The summed E-state index contributed by atoms with van der Waals surface area (Å²) in [5.74, 6) is 7.54. The van der Waals surface area contributed by atoms with Crippen molar-refractivity contribution in [3.05, 3.63) is 59.4 Å². The molecule has 31 heavy (non-hydrogen) atoms. The Kier molecular flexibility index (Phi) is 6.68. The molecular weight excluding hydrogens is 382 g/mol. The van der Waals surface area contributed by atoms with Crippen molar-refractivity contribution in [1.82, 2.24) is 4.98 Å². The van der Waals surface area contributed by atoms with Gasteiger partial charge in [-0.2, -0.15) is 0 Å². The first-order valence-corrected chi connectivity index (χ1v) is 11.9. The standard InChI is InChI=1S/C28H35NO2/c1-3-5-6-14-28-16-15-27(30,13-4-2)20-24(28)8-7-23-19-25(9-10-26(23)28)31-21-22-11-17-29-18-12-22/h9-12,17-19,24,30H,3,5-8,14-16,20-21H2,1-2H3/t24-,27-,28-/m1/s1. The van der Waals surface area contributed by atoms with Crippen molar-refractivity contribution in [2.45, 2.75) is 89.3 Å². The Labute approximate surface area is 187 Å². The number of aromatic nitrogens is 1. The zero-order chi connectivity index (χ0) is 21.7. The molecule has 3 nitrogen and oxygen atoms in total. The third kappa shape index (κ3) is 4.65. The van der Waals surface area contributed by atoms with E-state index in [2.05, 4.69) is 41.9 Å². The van der Waals surface area contributed by atoms with Crippen LogP contribution in [-0.2, 0) is 18.4 Å². The van der Waals surface area contributed by atoms with Crippen LogP contribution in [0.25, 0.3) is 0 Å². The Balaban J connectivity index is 1.59. The number of aliphatic hydroxyl groups is 1. The molecule has 4 rings (SSSR count). The van der Waals surface area contributed by atoms with Gasteiger partial charge in [0, 0.05) is 12.4 Å². The maximum absolute atomic E-state index is 11.1. The maximum Gasteiger partial charge on any atom is 0.125 e. The second-order valence-corrected chi connectivity index (χ2v) is 9.42. The Morgan fingerprint density at radius 2 is 2.00 bits per heavy atom. The highest BCUT2D eigenvalue weighted by atomic mass is 16.5. The van der Waals surface area contributed by atoms with E-state index in [9.17, 15) is 5.11 Å². The monoisotopic (exact) mass is 417 g/mol. The molecule has 0 spiro atoms. The molecule has 0 bridgehead atoms. The molecule has 2 aliphatic carbocycles. The minimum atomic E-state index is -0.807. The van der Waals surface area contributed by atoms with Crippen LogP contribution in [-0.4, -0.2) is 15.7 Å². The summed E-state index contributed by atoms with van der Waals surface area (Å²) in [6.07, 6.45) is 13.4. The van der Waals surface area contributed by atoms with E-state index in [4.69, 9.17) is 4.74 Å². The van der Waals surface area contributed by atoms with Crippen molar-refractivity contribution < 1.29 is 9.84 Å². The lowest BCUT2D eigenvalue weighted by Crippen LogP contribution is -2.49. The molecule has 0 amide bonds. The van der Waals surface area contributed by atoms with E-state index in [1.807, 2.05) is 19.1 Å². The fraction of sp³-hybridized carbons (Fsp3) is 0.536.